The molecule has 1 unspecified atom stereocenters. The summed E-state index contributed by atoms with van der Waals surface area (Å²) in [6.45, 7) is 1.94. The van der Waals surface area contributed by atoms with Crippen molar-refractivity contribution >= 4 is 10.0 Å². The SMILES string of the molecule is CCC(CCN)NS(=O)(=O)c1c(F)cc(F)cc1F. The van der Waals surface area contributed by atoms with Crippen molar-refractivity contribution < 1.29 is 21.6 Å². The van der Waals surface area contributed by atoms with Crippen LogP contribution in [-0.4, -0.2) is 21.0 Å². The van der Waals surface area contributed by atoms with E-state index in [9.17, 15) is 21.6 Å². The number of nitrogens with two attached hydrogens (primary N) is 1. The van der Waals surface area contributed by atoms with Crippen LogP contribution in [-0.2, 0) is 10.0 Å². The van der Waals surface area contributed by atoms with Crippen LogP contribution in [0.25, 0.3) is 0 Å². The average Bonchev–Trinajstić information content (AvgIpc) is 2.25. The molecule has 4 nitrogen and oxygen atoms in total. The third kappa shape index (κ3) is 3.92. The normalized spacial score (nSPS) is 13.5. The van der Waals surface area contributed by atoms with Crippen LogP contribution in [0.4, 0.5) is 13.2 Å². The minimum atomic E-state index is -4.39. The molecule has 0 spiro atoms. The molecule has 0 heterocycles. The van der Waals surface area contributed by atoms with E-state index in [1.54, 1.807) is 6.92 Å². The average molecular weight is 296 g/mol. The summed E-state index contributed by atoms with van der Waals surface area (Å²) in [5.41, 5.74) is 5.31. The third-order valence-electron chi connectivity index (χ3n) is 2.56. The first-order valence-corrected chi connectivity index (χ1v) is 7.17. The van der Waals surface area contributed by atoms with E-state index in [0.29, 0.717) is 25.0 Å². The smallest absolute Gasteiger partial charge is 0.246 e. The zero-order valence-electron chi connectivity index (χ0n) is 10.3. The Morgan fingerprint density at radius 3 is 2.21 bits per heavy atom. The molecule has 0 amide bonds. The summed E-state index contributed by atoms with van der Waals surface area (Å²) in [5, 5.41) is 0. The predicted molar refractivity (Wildman–Crippen MR) is 64.4 cm³/mol. The Balaban J connectivity index is 3.14. The molecule has 3 N–H and O–H groups in total. The molecule has 0 aliphatic heterocycles. The highest BCUT2D eigenvalue weighted by Gasteiger charge is 2.27. The van der Waals surface area contributed by atoms with Crippen molar-refractivity contribution in [2.75, 3.05) is 6.54 Å². The van der Waals surface area contributed by atoms with Crippen molar-refractivity contribution in [2.24, 2.45) is 5.73 Å². The monoisotopic (exact) mass is 296 g/mol. The van der Waals surface area contributed by atoms with Crippen molar-refractivity contribution in [2.45, 2.75) is 30.7 Å². The molecule has 19 heavy (non-hydrogen) atoms. The van der Waals surface area contributed by atoms with Crippen LogP contribution < -0.4 is 10.5 Å². The first-order chi connectivity index (χ1) is 8.81. The van der Waals surface area contributed by atoms with Crippen LogP contribution in [0.15, 0.2) is 17.0 Å². The Kier molecular flexibility index (Phi) is 5.33. The lowest BCUT2D eigenvalue weighted by Crippen LogP contribution is -2.36. The van der Waals surface area contributed by atoms with E-state index in [1.165, 1.54) is 0 Å². The summed E-state index contributed by atoms with van der Waals surface area (Å²) in [6.07, 6.45) is 0.751. The van der Waals surface area contributed by atoms with E-state index >= 15 is 0 Å². The van der Waals surface area contributed by atoms with Gasteiger partial charge in [0.1, 0.15) is 17.5 Å². The molecule has 0 bridgehead atoms. The first kappa shape index (κ1) is 15.9. The second-order valence-electron chi connectivity index (χ2n) is 4.00. The maximum Gasteiger partial charge on any atom is 0.246 e. The van der Waals surface area contributed by atoms with Gasteiger partial charge < -0.3 is 5.73 Å². The van der Waals surface area contributed by atoms with Crippen LogP contribution in [0.2, 0.25) is 0 Å². The highest BCUT2D eigenvalue weighted by Crippen LogP contribution is 2.20. The number of halogens is 3. The highest BCUT2D eigenvalue weighted by molar-refractivity contribution is 7.89. The molecular formula is C11H15F3N2O2S. The van der Waals surface area contributed by atoms with Gasteiger partial charge >= 0.3 is 0 Å². The fraction of sp³-hybridized carbons (Fsp3) is 0.455. The lowest BCUT2D eigenvalue weighted by Gasteiger charge is -2.16. The molecule has 0 saturated carbocycles. The highest BCUT2D eigenvalue weighted by atomic mass is 32.2. The van der Waals surface area contributed by atoms with E-state index in [2.05, 4.69) is 4.72 Å². The topological polar surface area (TPSA) is 72.2 Å². The number of benzene rings is 1. The van der Waals surface area contributed by atoms with Crippen molar-refractivity contribution in [3.63, 3.8) is 0 Å². The second-order valence-corrected chi connectivity index (χ2v) is 5.65. The second kappa shape index (κ2) is 6.36. The van der Waals surface area contributed by atoms with Gasteiger partial charge in [0, 0.05) is 18.2 Å². The van der Waals surface area contributed by atoms with Crippen LogP contribution in [0.5, 0.6) is 0 Å². The Labute approximate surface area is 109 Å². The number of nitrogens with one attached hydrogen (secondary N) is 1. The van der Waals surface area contributed by atoms with Crippen LogP contribution in [0.3, 0.4) is 0 Å². The summed E-state index contributed by atoms with van der Waals surface area (Å²) in [5.74, 6) is -4.11. The van der Waals surface area contributed by atoms with Gasteiger partial charge in [0.25, 0.3) is 0 Å². The van der Waals surface area contributed by atoms with E-state index in [-0.39, 0.29) is 6.54 Å². The van der Waals surface area contributed by atoms with Gasteiger partial charge in [0.05, 0.1) is 0 Å². The molecule has 0 aromatic heterocycles. The Bertz CT molecular complexity index is 526. The summed E-state index contributed by atoms with van der Waals surface area (Å²) in [7, 11) is -4.39. The van der Waals surface area contributed by atoms with Gasteiger partial charge in [-0.15, -0.1) is 0 Å². The van der Waals surface area contributed by atoms with Crippen LogP contribution in [0.1, 0.15) is 19.8 Å². The molecule has 1 atom stereocenters. The maximum atomic E-state index is 13.4. The number of hydrogen-bond donors (Lipinski definition) is 2. The number of hydrogen-bond acceptors (Lipinski definition) is 3. The Morgan fingerprint density at radius 2 is 1.79 bits per heavy atom. The third-order valence-corrected chi connectivity index (χ3v) is 4.13. The van der Waals surface area contributed by atoms with Gasteiger partial charge in [-0.25, -0.2) is 26.3 Å². The molecule has 0 aliphatic carbocycles. The number of rotatable bonds is 6. The van der Waals surface area contributed by atoms with E-state index in [1.807, 2.05) is 0 Å². The van der Waals surface area contributed by atoms with Gasteiger partial charge in [-0.3, -0.25) is 0 Å². The summed E-state index contributed by atoms with van der Waals surface area (Å²) < 4.78 is 65.5. The fourth-order valence-electron chi connectivity index (χ4n) is 1.61. The van der Waals surface area contributed by atoms with E-state index in [0.717, 1.165) is 0 Å². The van der Waals surface area contributed by atoms with Crippen molar-refractivity contribution in [3.8, 4) is 0 Å². The van der Waals surface area contributed by atoms with Gasteiger partial charge in [-0.2, -0.15) is 0 Å². The molecule has 8 heteroatoms. The predicted octanol–water partition coefficient (Wildman–Crippen LogP) is 1.51. The molecule has 1 rings (SSSR count). The van der Waals surface area contributed by atoms with Gasteiger partial charge in [0.2, 0.25) is 10.0 Å². The Hall–Kier alpha value is -1.12. The lowest BCUT2D eigenvalue weighted by atomic mass is 10.2. The lowest BCUT2D eigenvalue weighted by molar-refractivity contribution is 0.482. The largest absolute Gasteiger partial charge is 0.330 e. The molecule has 0 saturated heterocycles. The first-order valence-electron chi connectivity index (χ1n) is 5.68. The molecule has 1 aromatic rings. The Morgan fingerprint density at radius 1 is 1.26 bits per heavy atom. The zero-order valence-corrected chi connectivity index (χ0v) is 11.1. The molecule has 0 aliphatic rings. The van der Waals surface area contributed by atoms with Crippen LogP contribution in [0, 0.1) is 17.5 Å². The number of sulfonamides is 1. The molecule has 108 valence electrons. The van der Waals surface area contributed by atoms with E-state index < -0.39 is 38.4 Å². The van der Waals surface area contributed by atoms with Gasteiger partial charge in [-0.05, 0) is 19.4 Å². The quantitative estimate of drug-likeness (QED) is 0.836. The molecule has 0 radical (unpaired) electrons. The summed E-state index contributed by atoms with van der Waals surface area (Å²) in [6, 6.07) is 0.113. The maximum absolute atomic E-state index is 13.4. The van der Waals surface area contributed by atoms with E-state index in [4.69, 9.17) is 5.73 Å². The summed E-state index contributed by atoms with van der Waals surface area (Å²) >= 11 is 0. The minimum absolute atomic E-state index is 0.232. The zero-order chi connectivity index (χ0) is 14.6. The van der Waals surface area contributed by atoms with Crippen molar-refractivity contribution in [3.05, 3.63) is 29.6 Å². The molecule has 1 aromatic carbocycles. The standard InChI is InChI=1S/C11H15F3N2O2S/c1-2-8(3-4-15)16-19(17,18)11-9(13)5-7(12)6-10(11)14/h5-6,8,16H,2-4,15H2,1H3. The van der Waals surface area contributed by atoms with Crippen LogP contribution >= 0.6 is 0 Å². The van der Waals surface area contributed by atoms with Crippen molar-refractivity contribution in [1.82, 2.24) is 4.72 Å². The minimum Gasteiger partial charge on any atom is -0.330 e. The van der Waals surface area contributed by atoms with Crippen molar-refractivity contribution in [1.29, 1.82) is 0 Å². The van der Waals surface area contributed by atoms with Gasteiger partial charge in [0.15, 0.2) is 4.90 Å². The molecular weight excluding hydrogens is 281 g/mol. The van der Waals surface area contributed by atoms with Gasteiger partial charge in [-0.1, -0.05) is 6.92 Å². The summed E-state index contributed by atoms with van der Waals surface area (Å²) in [4.78, 5) is -1.18. The molecule has 0 fully saturated rings. The fourth-order valence-corrected chi connectivity index (χ4v) is 3.08.